The van der Waals surface area contributed by atoms with E-state index in [9.17, 15) is 0 Å². The lowest BCUT2D eigenvalue weighted by Gasteiger charge is -1.95. The summed E-state index contributed by atoms with van der Waals surface area (Å²) >= 11 is 1.67. The molecule has 1 heterocycles. The molecular weight excluding hydrogens is 168 g/mol. The first-order valence-corrected chi connectivity index (χ1v) is 4.70. The normalized spacial score (nSPS) is 13.5. The number of aromatic nitrogens is 1. The minimum atomic E-state index is 0.0439. The second-order valence-electron chi connectivity index (χ2n) is 2.81. The van der Waals surface area contributed by atoms with Gasteiger partial charge in [0.05, 0.1) is 16.3 Å². The second-order valence-corrected chi connectivity index (χ2v) is 3.87. The van der Waals surface area contributed by atoms with Gasteiger partial charge in [-0.15, -0.1) is 11.3 Å². The van der Waals surface area contributed by atoms with Gasteiger partial charge in [0.2, 0.25) is 0 Å². The first kappa shape index (κ1) is 7.71. The molecule has 1 aromatic heterocycles. The number of benzene rings is 1. The van der Waals surface area contributed by atoms with E-state index in [0.717, 1.165) is 10.5 Å². The predicted molar refractivity (Wildman–Crippen MR) is 52.2 cm³/mol. The SMILES string of the molecule is CC(N)c1nc2ccccc2s1. The fourth-order valence-corrected chi connectivity index (χ4v) is 2.00. The molecule has 2 aromatic rings. The number of rotatable bonds is 1. The first-order valence-electron chi connectivity index (χ1n) is 3.88. The van der Waals surface area contributed by atoms with Crippen molar-refractivity contribution in [2.45, 2.75) is 13.0 Å². The monoisotopic (exact) mass is 178 g/mol. The molecular formula is C9H10N2S. The van der Waals surface area contributed by atoms with Crippen molar-refractivity contribution < 1.29 is 0 Å². The Hall–Kier alpha value is -0.930. The Morgan fingerprint density at radius 1 is 1.42 bits per heavy atom. The van der Waals surface area contributed by atoms with Crippen molar-refractivity contribution in [3.05, 3.63) is 29.3 Å². The molecule has 0 fully saturated rings. The summed E-state index contributed by atoms with van der Waals surface area (Å²) in [6, 6.07) is 8.14. The van der Waals surface area contributed by atoms with Gasteiger partial charge in [0.25, 0.3) is 0 Å². The van der Waals surface area contributed by atoms with E-state index in [1.165, 1.54) is 4.70 Å². The van der Waals surface area contributed by atoms with Gasteiger partial charge in [0.1, 0.15) is 5.01 Å². The zero-order chi connectivity index (χ0) is 8.55. The van der Waals surface area contributed by atoms with E-state index >= 15 is 0 Å². The van der Waals surface area contributed by atoms with E-state index in [2.05, 4.69) is 11.1 Å². The molecule has 0 saturated heterocycles. The van der Waals surface area contributed by atoms with E-state index < -0.39 is 0 Å². The van der Waals surface area contributed by atoms with Crippen molar-refractivity contribution >= 4 is 21.6 Å². The summed E-state index contributed by atoms with van der Waals surface area (Å²) in [5.74, 6) is 0. The highest BCUT2D eigenvalue weighted by atomic mass is 32.1. The van der Waals surface area contributed by atoms with Gasteiger partial charge in [0.15, 0.2) is 0 Å². The highest BCUT2D eigenvalue weighted by molar-refractivity contribution is 7.18. The van der Waals surface area contributed by atoms with Crippen LogP contribution in [0.5, 0.6) is 0 Å². The molecule has 62 valence electrons. The fraction of sp³-hybridized carbons (Fsp3) is 0.222. The molecule has 0 radical (unpaired) electrons. The van der Waals surface area contributed by atoms with Gasteiger partial charge < -0.3 is 5.73 Å². The van der Waals surface area contributed by atoms with Crippen LogP contribution in [0.4, 0.5) is 0 Å². The lowest BCUT2D eigenvalue weighted by Crippen LogP contribution is -2.03. The molecule has 0 aliphatic carbocycles. The molecule has 2 rings (SSSR count). The molecule has 3 heteroatoms. The highest BCUT2D eigenvalue weighted by Gasteiger charge is 2.05. The van der Waals surface area contributed by atoms with E-state index in [-0.39, 0.29) is 6.04 Å². The number of hydrogen-bond acceptors (Lipinski definition) is 3. The van der Waals surface area contributed by atoms with Crippen molar-refractivity contribution in [1.82, 2.24) is 4.98 Å². The molecule has 12 heavy (non-hydrogen) atoms. The Bertz CT molecular complexity index is 359. The van der Waals surface area contributed by atoms with Crippen molar-refractivity contribution in [3.63, 3.8) is 0 Å². The Labute approximate surface area is 75.0 Å². The van der Waals surface area contributed by atoms with Crippen LogP contribution in [-0.2, 0) is 0 Å². The van der Waals surface area contributed by atoms with E-state index in [4.69, 9.17) is 5.73 Å². The van der Waals surface area contributed by atoms with Crippen LogP contribution in [0.2, 0.25) is 0 Å². The van der Waals surface area contributed by atoms with Crippen LogP contribution in [-0.4, -0.2) is 4.98 Å². The summed E-state index contributed by atoms with van der Waals surface area (Å²) in [5, 5.41) is 1.01. The molecule has 1 aromatic carbocycles. The topological polar surface area (TPSA) is 38.9 Å². The minimum absolute atomic E-state index is 0.0439. The number of thiazole rings is 1. The molecule has 0 aliphatic rings. The molecule has 2 nitrogen and oxygen atoms in total. The van der Waals surface area contributed by atoms with E-state index in [1.54, 1.807) is 11.3 Å². The van der Waals surface area contributed by atoms with Crippen LogP contribution in [0.25, 0.3) is 10.2 Å². The molecule has 1 atom stereocenters. The molecule has 0 amide bonds. The van der Waals surface area contributed by atoms with Gasteiger partial charge in [-0.25, -0.2) is 4.98 Å². The third kappa shape index (κ3) is 1.21. The number of nitrogens with zero attached hydrogens (tertiary/aromatic N) is 1. The summed E-state index contributed by atoms with van der Waals surface area (Å²) in [6.07, 6.45) is 0. The zero-order valence-electron chi connectivity index (χ0n) is 6.82. The van der Waals surface area contributed by atoms with Crippen LogP contribution in [0.15, 0.2) is 24.3 Å². The molecule has 1 unspecified atom stereocenters. The Balaban J connectivity index is 2.62. The fourth-order valence-electron chi connectivity index (χ4n) is 1.08. The number of hydrogen-bond donors (Lipinski definition) is 1. The van der Waals surface area contributed by atoms with Crippen LogP contribution >= 0.6 is 11.3 Å². The average molecular weight is 178 g/mol. The lowest BCUT2D eigenvalue weighted by atomic mass is 10.3. The molecule has 0 spiro atoms. The quantitative estimate of drug-likeness (QED) is 0.727. The summed E-state index contributed by atoms with van der Waals surface area (Å²) in [4.78, 5) is 4.41. The van der Waals surface area contributed by atoms with Crippen LogP contribution < -0.4 is 5.73 Å². The third-order valence-electron chi connectivity index (χ3n) is 1.70. The maximum atomic E-state index is 5.73. The third-order valence-corrected chi connectivity index (χ3v) is 2.94. The van der Waals surface area contributed by atoms with Crippen molar-refractivity contribution in [3.8, 4) is 0 Å². The standard InChI is InChI=1S/C9H10N2S/c1-6(10)9-11-7-4-2-3-5-8(7)12-9/h2-6H,10H2,1H3. The smallest absolute Gasteiger partial charge is 0.110 e. The van der Waals surface area contributed by atoms with Gasteiger partial charge in [0, 0.05) is 0 Å². The predicted octanol–water partition coefficient (Wildman–Crippen LogP) is 2.32. The molecule has 2 N–H and O–H groups in total. The maximum Gasteiger partial charge on any atom is 0.110 e. The average Bonchev–Trinajstić information content (AvgIpc) is 2.46. The Kier molecular flexibility index (Phi) is 1.83. The molecule has 0 aliphatic heterocycles. The number of nitrogens with two attached hydrogens (primary N) is 1. The molecule has 0 bridgehead atoms. The summed E-state index contributed by atoms with van der Waals surface area (Å²) < 4.78 is 1.21. The van der Waals surface area contributed by atoms with Gasteiger partial charge >= 0.3 is 0 Å². The van der Waals surface area contributed by atoms with Crippen molar-refractivity contribution in [1.29, 1.82) is 0 Å². The summed E-state index contributed by atoms with van der Waals surface area (Å²) in [6.45, 7) is 1.96. The van der Waals surface area contributed by atoms with Gasteiger partial charge in [-0.1, -0.05) is 12.1 Å². The summed E-state index contributed by atoms with van der Waals surface area (Å²) in [5.41, 5.74) is 6.78. The van der Waals surface area contributed by atoms with Crippen LogP contribution in [0.1, 0.15) is 18.0 Å². The highest BCUT2D eigenvalue weighted by Crippen LogP contribution is 2.24. The first-order chi connectivity index (χ1) is 5.77. The molecule has 0 saturated carbocycles. The summed E-state index contributed by atoms with van der Waals surface area (Å²) in [7, 11) is 0. The minimum Gasteiger partial charge on any atom is -0.322 e. The van der Waals surface area contributed by atoms with Crippen molar-refractivity contribution in [2.75, 3.05) is 0 Å². The van der Waals surface area contributed by atoms with Crippen LogP contribution in [0, 0.1) is 0 Å². The van der Waals surface area contributed by atoms with Crippen molar-refractivity contribution in [2.24, 2.45) is 5.73 Å². The Morgan fingerprint density at radius 3 is 2.83 bits per heavy atom. The van der Waals surface area contributed by atoms with E-state index in [0.29, 0.717) is 0 Å². The second kappa shape index (κ2) is 2.84. The largest absolute Gasteiger partial charge is 0.322 e. The lowest BCUT2D eigenvalue weighted by molar-refractivity contribution is 0.810. The van der Waals surface area contributed by atoms with Gasteiger partial charge in [-0.05, 0) is 19.1 Å². The van der Waals surface area contributed by atoms with Gasteiger partial charge in [-0.2, -0.15) is 0 Å². The number of fused-ring (bicyclic) bond motifs is 1. The maximum absolute atomic E-state index is 5.73. The van der Waals surface area contributed by atoms with Crippen LogP contribution in [0.3, 0.4) is 0 Å². The zero-order valence-corrected chi connectivity index (χ0v) is 7.64. The van der Waals surface area contributed by atoms with E-state index in [1.807, 2.05) is 25.1 Å². The number of para-hydroxylation sites is 1. The Morgan fingerprint density at radius 2 is 2.17 bits per heavy atom. The van der Waals surface area contributed by atoms with Gasteiger partial charge in [-0.3, -0.25) is 0 Å².